The van der Waals surface area contributed by atoms with Crippen molar-refractivity contribution in [3.63, 3.8) is 0 Å². The molecule has 26 heavy (non-hydrogen) atoms. The molecule has 2 aliphatic heterocycles. The Hall–Kier alpha value is -2.18. The third-order valence-corrected chi connectivity index (χ3v) is 5.16. The van der Waals surface area contributed by atoms with E-state index in [1.807, 2.05) is 0 Å². The van der Waals surface area contributed by atoms with E-state index in [2.05, 4.69) is 41.1 Å². The first-order chi connectivity index (χ1) is 12.7. The summed E-state index contributed by atoms with van der Waals surface area (Å²) in [6.07, 6.45) is 1.55. The van der Waals surface area contributed by atoms with Gasteiger partial charge in [-0.15, -0.1) is 0 Å². The van der Waals surface area contributed by atoms with Gasteiger partial charge in [-0.1, -0.05) is 25.1 Å². The Morgan fingerprint density at radius 1 is 1.19 bits per heavy atom. The second-order valence-corrected chi connectivity index (χ2v) is 6.89. The Morgan fingerprint density at radius 2 is 2.04 bits per heavy atom. The van der Waals surface area contributed by atoms with Crippen molar-refractivity contribution in [2.24, 2.45) is 0 Å². The minimum absolute atomic E-state index is 0.291. The van der Waals surface area contributed by atoms with Gasteiger partial charge in [0.25, 0.3) is 0 Å². The number of morpholine rings is 1. The molecule has 0 spiro atoms. The van der Waals surface area contributed by atoms with Crippen molar-refractivity contribution in [1.82, 2.24) is 14.8 Å². The van der Waals surface area contributed by atoms with Crippen LogP contribution in [-0.4, -0.2) is 60.3 Å². The number of amides is 1. The lowest BCUT2D eigenvalue weighted by Crippen LogP contribution is -2.41. The second-order valence-electron chi connectivity index (χ2n) is 6.89. The normalized spacial score (nSPS) is 18.0. The van der Waals surface area contributed by atoms with Crippen LogP contribution < -0.4 is 4.74 Å². The predicted molar refractivity (Wildman–Crippen MR) is 99.4 cm³/mol. The van der Waals surface area contributed by atoms with Gasteiger partial charge in [-0.3, -0.25) is 4.90 Å². The number of hydrogen-bond acceptors (Lipinski definition) is 5. The van der Waals surface area contributed by atoms with E-state index in [1.54, 1.807) is 4.90 Å². The van der Waals surface area contributed by atoms with Crippen LogP contribution in [0.2, 0.25) is 0 Å². The van der Waals surface area contributed by atoms with E-state index in [9.17, 15) is 4.79 Å². The first kappa shape index (κ1) is 17.2. The fourth-order valence-electron chi connectivity index (χ4n) is 3.67. The van der Waals surface area contributed by atoms with Gasteiger partial charge in [0.1, 0.15) is 0 Å². The van der Waals surface area contributed by atoms with Crippen LogP contribution in [0.4, 0.5) is 4.79 Å². The van der Waals surface area contributed by atoms with Gasteiger partial charge in [-0.25, -0.2) is 9.78 Å². The summed E-state index contributed by atoms with van der Waals surface area (Å²) < 4.78 is 10.9. The minimum atomic E-state index is -0.291. The Labute approximate surface area is 153 Å². The molecule has 0 bridgehead atoms. The molecule has 0 saturated carbocycles. The number of hydrogen-bond donors (Lipinski definition) is 0. The molecule has 3 heterocycles. The maximum atomic E-state index is 12.4. The van der Waals surface area contributed by atoms with Crippen LogP contribution in [0.15, 0.2) is 24.3 Å². The SMILES string of the molecule is CCc1cccc2cc3c(nc12)OC(=O)N(CCCN1CCOCC1)C3. The number of rotatable bonds is 5. The van der Waals surface area contributed by atoms with Crippen LogP contribution in [0.3, 0.4) is 0 Å². The Morgan fingerprint density at radius 3 is 2.85 bits per heavy atom. The van der Waals surface area contributed by atoms with Crippen molar-refractivity contribution in [3.8, 4) is 5.88 Å². The van der Waals surface area contributed by atoms with Crippen LogP contribution >= 0.6 is 0 Å². The van der Waals surface area contributed by atoms with Crippen LogP contribution in [0, 0.1) is 0 Å². The first-order valence-corrected chi connectivity index (χ1v) is 9.43. The number of para-hydroxylation sites is 1. The lowest BCUT2D eigenvalue weighted by atomic mass is 10.1. The summed E-state index contributed by atoms with van der Waals surface area (Å²) >= 11 is 0. The first-order valence-electron chi connectivity index (χ1n) is 9.43. The molecule has 4 rings (SSSR count). The van der Waals surface area contributed by atoms with E-state index in [4.69, 9.17) is 9.47 Å². The summed E-state index contributed by atoms with van der Waals surface area (Å²) in [5, 5.41) is 1.11. The minimum Gasteiger partial charge on any atom is -0.391 e. The standard InChI is InChI=1S/C20H25N3O3/c1-2-15-5-3-6-16-13-17-14-23(20(24)26-19(17)21-18(15)16)8-4-7-22-9-11-25-12-10-22/h3,5-6,13H,2,4,7-12,14H2,1H3. The highest BCUT2D eigenvalue weighted by molar-refractivity contribution is 5.84. The summed E-state index contributed by atoms with van der Waals surface area (Å²) in [6, 6.07) is 8.31. The molecular formula is C20H25N3O3. The molecule has 138 valence electrons. The lowest BCUT2D eigenvalue weighted by Gasteiger charge is -2.30. The molecule has 1 aromatic heterocycles. The molecular weight excluding hydrogens is 330 g/mol. The zero-order valence-corrected chi connectivity index (χ0v) is 15.2. The molecule has 0 unspecified atom stereocenters. The smallest absolute Gasteiger partial charge is 0.391 e. The summed E-state index contributed by atoms with van der Waals surface area (Å²) in [5.41, 5.74) is 3.09. The molecule has 1 aromatic carbocycles. The Kier molecular flexibility index (Phi) is 5.04. The number of aromatic nitrogens is 1. The zero-order valence-electron chi connectivity index (χ0n) is 15.2. The zero-order chi connectivity index (χ0) is 17.9. The number of fused-ring (bicyclic) bond motifs is 2. The average Bonchev–Trinajstić information content (AvgIpc) is 2.67. The van der Waals surface area contributed by atoms with E-state index in [0.717, 1.165) is 62.2 Å². The summed E-state index contributed by atoms with van der Waals surface area (Å²) in [4.78, 5) is 21.2. The highest BCUT2D eigenvalue weighted by atomic mass is 16.6. The van der Waals surface area contributed by atoms with Gasteiger partial charge in [0.05, 0.1) is 25.3 Å². The molecule has 6 heteroatoms. The molecule has 0 aliphatic carbocycles. The van der Waals surface area contributed by atoms with Crippen LogP contribution in [0.5, 0.6) is 5.88 Å². The lowest BCUT2D eigenvalue weighted by molar-refractivity contribution is 0.0359. The monoisotopic (exact) mass is 355 g/mol. The molecule has 1 amide bonds. The van der Waals surface area contributed by atoms with Crippen molar-refractivity contribution in [2.45, 2.75) is 26.3 Å². The van der Waals surface area contributed by atoms with Crippen LogP contribution in [-0.2, 0) is 17.7 Å². The highest BCUT2D eigenvalue weighted by Gasteiger charge is 2.26. The summed E-state index contributed by atoms with van der Waals surface area (Å²) in [5.74, 6) is 0.466. The number of ether oxygens (including phenoxy) is 2. The molecule has 0 radical (unpaired) electrons. The molecule has 1 fully saturated rings. The number of aryl methyl sites for hydroxylation is 1. The molecule has 0 N–H and O–H groups in total. The van der Waals surface area contributed by atoms with E-state index in [1.165, 1.54) is 5.56 Å². The van der Waals surface area contributed by atoms with Crippen molar-refractivity contribution in [3.05, 3.63) is 35.4 Å². The highest BCUT2D eigenvalue weighted by Crippen LogP contribution is 2.29. The third-order valence-electron chi connectivity index (χ3n) is 5.16. The van der Waals surface area contributed by atoms with Crippen molar-refractivity contribution in [2.75, 3.05) is 39.4 Å². The largest absolute Gasteiger partial charge is 0.416 e. The van der Waals surface area contributed by atoms with Gasteiger partial charge >= 0.3 is 6.09 Å². The van der Waals surface area contributed by atoms with Gasteiger partial charge in [0, 0.05) is 37.1 Å². The maximum Gasteiger partial charge on any atom is 0.416 e. The summed E-state index contributed by atoms with van der Waals surface area (Å²) in [6.45, 7) is 7.91. The quantitative estimate of drug-likeness (QED) is 0.825. The van der Waals surface area contributed by atoms with E-state index in [0.29, 0.717) is 19.0 Å². The number of carbonyl (C=O) groups excluding carboxylic acids is 1. The van der Waals surface area contributed by atoms with Crippen LogP contribution in [0.1, 0.15) is 24.5 Å². The van der Waals surface area contributed by atoms with Gasteiger partial charge < -0.3 is 14.4 Å². The van der Waals surface area contributed by atoms with E-state index in [-0.39, 0.29) is 6.09 Å². The maximum absolute atomic E-state index is 12.4. The van der Waals surface area contributed by atoms with E-state index < -0.39 is 0 Å². The van der Waals surface area contributed by atoms with Gasteiger partial charge in [-0.2, -0.15) is 0 Å². The van der Waals surface area contributed by atoms with Crippen molar-refractivity contribution < 1.29 is 14.3 Å². The Bertz CT molecular complexity index is 802. The molecule has 2 aliphatic rings. The average molecular weight is 355 g/mol. The summed E-state index contributed by atoms with van der Waals surface area (Å²) in [7, 11) is 0. The predicted octanol–water partition coefficient (Wildman–Crippen LogP) is 2.83. The van der Waals surface area contributed by atoms with E-state index >= 15 is 0 Å². The molecule has 6 nitrogen and oxygen atoms in total. The number of benzene rings is 1. The number of pyridine rings is 1. The van der Waals surface area contributed by atoms with Gasteiger partial charge in [-0.05, 0) is 24.5 Å². The topological polar surface area (TPSA) is 54.9 Å². The fourth-order valence-corrected chi connectivity index (χ4v) is 3.67. The van der Waals surface area contributed by atoms with Crippen LogP contribution in [0.25, 0.3) is 10.9 Å². The van der Waals surface area contributed by atoms with Crippen molar-refractivity contribution in [1.29, 1.82) is 0 Å². The van der Waals surface area contributed by atoms with Crippen molar-refractivity contribution >= 4 is 17.0 Å². The number of carbonyl (C=O) groups is 1. The third kappa shape index (κ3) is 3.52. The van der Waals surface area contributed by atoms with Gasteiger partial charge in [0.15, 0.2) is 0 Å². The number of nitrogens with zero attached hydrogens (tertiary/aromatic N) is 3. The molecule has 0 atom stereocenters. The second kappa shape index (κ2) is 7.60. The Balaban J connectivity index is 1.45. The molecule has 1 saturated heterocycles. The molecule has 2 aromatic rings. The van der Waals surface area contributed by atoms with Gasteiger partial charge in [0.2, 0.25) is 5.88 Å². The fraction of sp³-hybridized carbons (Fsp3) is 0.500.